The maximum Gasteiger partial charge on any atom is 0.162 e. The van der Waals surface area contributed by atoms with Crippen molar-refractivity contribution in [3.05, 3.63) is 34.9 Å². The van der Waals surface area contributed by atoms with Crippen molar-refractivity contribution < 1.29 is 9.47 Å². The highest BCUT2D eigenvalue weighted by atomic mass is 35.5. The Balaban J connectivity index is 1.88. The molecule has 1 aromatic carbocycles. The van der Waals surface area contributed by atoms with Crippen LogP contribution in [0, 0.1) is 0 Å². The van der Waals surface area contributed by atoms with E-state index in [0.29, 0.717) is 13.2 Å². The maximum absolute atomic E-state index is 5.88. The molecule has 1 N–H and O–H groups in total. The zero-order valence-corrected chi connectivity index (χ0v) is 11.8. The molecule has 0 saturated carbocycles. The minimum atomic E-state index is -0.457. The summed E-state index contributed by atoms with van der Waals surface area (Å²) in [5, 5.41) is 4.26. The van der Waals surface area contributed by atoms with Crippen molar-refractivity contribution in [3.8, 4) is 0 Å². The SMILES string of the molecule is CC(NC1COC(C)(C)OC1)c1ccc(Cl)cc1. The fourth-order valence-corrected chi connectivity index (χ4v) is 2.12. The topological polar surface area (TPSA) is 30.5 Å². The molecule has 1 heterocycles. The van der Waals surface area contributed by atoms with Gasteiger partial charge >= 0.3 is 0 Å². The first kappa shape index (κ1) is 13.8. The van der Waals surface area contributed by atoms with Gasteiger partial charge < -0.3 is 14.8 Å². The lowest BCUT2D eigenvalue weighted by Crippen LogP contribution is -2.49. The predicted molar refractivity (Wildman–Crippen MR) is 72.8 cm³/mol. The number of ether oxygens (including phenoxy) is 2. The van der Waals surface area contributed by atoms with Crippen LogP contribution in [0.2, 0.25) is 5.02 Å². The molecule has 1 fully saturated rings. The number of halogens is 1. The van der Waals surface area contributed by atoms with Gasteiger partial charge in [0.15, 0.2) is 5.79 Å². The van der Waals surface area contributed by atoms with Gasteiger partial charge in [-0.3, -0.25) is 0 Å². The summed E-state index contributed by atoms with van der Waals surface area (Å²) in [5.41, 5.74) is 1.21. The summed E-state index contributed by atoms with van der Waals surface area (Å²) >= 11 is 5.88. The predicted octanol–water partition coefficient (Wildman–Crippen LogP) is 3.14. The lowest BCUT2D eigenvalue weighted by molar-refractivity contribution is -0.253. The fraction of sp³-hybridized carbons (Fsp3) is 0.571. The highest BCUT2D eigenvalue weighted by molar-refractivity contribution is 6.30. The van der Waals surface area contributed by atoms with E-state index in [1.807, 2.05) is 38.1 Å². The number of hydrogen-bond acceptors (Lipinski definition) is 3. The summed E-state index contributed by atoms with van der Waals surface area (Å²) in [6, 6.07) is 8.37. The molecule has 1 aromatic rings. The quantitative estimate of drug-likeness (QED) is 0.914. The van der Waals surface area contributed by atoms with Gasteiger partial charge in [0, 0.05) is 11.1 Å². The number of hydrogen-bond donors (Lipinski definition) is 1. The molecule has 18 heavy (non-hydrogen) atoms. The molecule has 1 aliphatic rings. The van der Waals surface area contributed by atoms with Crippen LogP contribution in [0.4, 0.5) is 0 Å². The average molecular weight is 270 g/mol. The van der Waals surface area contributed by atoms with Crippen molar-refractivity contribution in [3.63, 3.8) is 0 Å². The van der Waals surface area contributed by atoms with Crippen LogP contribution in [0.25, 0.3) is 0 Å². The van der Waals surface area contributed by atoms with E-state index in [9.17, 15) is 0 Å². The molecule has 1 atom stereocenters. The average Bonchev–Trinajstić information content (AvgIpc) is 2.33. The standard InChI is InChI=1S/C14H20ClNO2/c1-10(11-4-6-12(15)7-5-11)16-13-8-17-14(2,3)18-9-13/h4-7,10,13,16H,8-9H2,1-3H3. The van der Waals surface area contributed by atoms with Crippen molar-refractivity contribution >= 4 is 11.6 Å². The normalized spacial score (nSPS) is 21.8. The molecule has 4 heteroatoms. The Kier molecular flexibility index (Phi) is 4.28. The van der Waals surface area contributed by atoms with Gasteiger partial charge in [0.1, 0.15) is 0 Å². The van der Waals surface area contributed by atoms with Crippen LogP contribution in [0.15, 0.2) is 24.3 Å². The summed E-state index contributed by atoms with van der Waals surface area (Å²) in [6.07, 6.45) is 0. The highest BCUT2D eigenvalue weighted by Crippen LogP contribution is 2.20. The maximum atomic E-state index is 5.88. The molecule has 0 spiro atoms. The molecular weight excluding hydrogens is 250 g/mol. The van der Waals surface area contributed by atoms with Crippen molar-refractivity contribution in [2.45, 2.75) is 38.6 Å². The minimum Gasteiger partial charge on any atom is -0.349 e. The minimum absolute atomic E-state index is 0.226. The van der Waals surface area contributed by atoms with E-state index >= 15 is 0 Å². The second-order valence-electron chi connectivity index (χ2n) is 5.16. The Morgan fingerprint density at radius 1 is 1.22 bits per heavy atom. The van der Waals surface area contributed by atoms with E-state index in [1.165, 1.54) is 5.56 Å². The lowest BCUT2D eigenvalue weighted by Gasteiger charge is -2.36. The van der Waals surface area contributed by atoms with Crippen LogP contribution in [0.5, 0.6) is 0 Å². The van der Waals surface area contributed by atoms with Crippen molar-refractivity contribution in [1.82, 2.24) is 5.32 Å². The van der Waals surface area contributed by atoms with E-state index in [-0.39, 0.29) is 12.1 Å². The third-order valence-electron chi connectivity index (χ3n) is 3.12. The van der Waals surface area contributed by atoms with E-state index in [1.54, 1.807) is 0 Å². The van der Waals surface area contributed by atoms with Crippen LogP contribution in [-0.2, 0) is 9.47 Å². The van der Waals surface area contributed by atoms with Crippen molar-refractivity contribution in [1.29, 1.82) is 0 Å². The van der Waals surface area contributed by atoms with Crippen LogP contribution in [-0.4, -0.2) is 25.0 Å². The van der Waals surface area contributed by atoms with Gasteiger partial charge in [0.25, 0.3) is 0 Å². The van der Waals surface area contributed by atoms with E-state index in [0.717, 1.165) is 5.02 Å². The third-order valence-corrected chi connectivity index (χ3v) is 3.37. The summed E-state index contributed by atoms with van der Waals surface area (Å²) in [7, 11) is 0. The van der Waals surface area contributed by atoms with Crippen LogP contribution in [0.3, 0.4) is 0 Å². The summed E-state index contributed by atoms with van der Waals surface area (Å²) < 4.78 is 11.3. The fourth-order valence-electron chi connectivity index (χ4n) is 1.99. The van der Waals surface area contributed by atoms with Crippen molar-refractivity contribution in [2.75, 3.05) is 13.2 Å². The van der Waals surface area contributed by atoms with Gasteiger partial charge in [-0.15, -0.1) is 0 Å². The highest BCUT2D eigenvalue weighted by Gasteiger charge is 2.28. The van der Waals surface area contributed by atoms with Crippen LogP contribution < -0.4 is 5.32 Å². The van der Waals surface area contributed by atoms with Gasteiger partial charge in [-0.25, -0.2) is 0 Å². The molecule has 3 nitrogen and oxygen atoms in total. The van der Waals surface area contributed by atoms with Crippen molar-refractivity contribution in [2.24, 2.45) is 0 Å². The van der Waals surface area contributed by atoms with Gasteiger partial charge in [-0.1, -0.05) is 23.7 Å². The van der Waals surface area contributed by atoms with E-state index in [2.05, 4.69) is 12.2 Å². The Bertz CT molecular complexity index is 381. The molecule has 2 rings (SSSR count). The van der Waals surface area contributed by atoms with Gasteiger partial charge in [-0.2, -0.15) is 0 Å². The Morgan fingerprint density at radius 2 is 1.78 bits per heavy atom. The zero-order valence-electron chi connectivity index (χ0n) is 11.1. The zero-order chi connectivity index (χ0) is 13.2. The molecule has 1 aliphatic heterocycles. The smallest absolute Gasteiger partial charge is 0.162 e. The van der Waals surface area contributed by atoms with Crippen LogP contribution >= 0.6 is 11.6 Å². The molecular formula is C14H20ClNO2. The molecule has 0 bridgehead atoms. The second-order valence-corrected chi connectivity index (χ2v) is 5.60. The molecule has 0 aromatic heterocycles. The first-order valence-corrected chi connectivity index (χ1v) is 6.63. The Hall–Kier alpha value is -0.610. The summed E-state index contributed by atoms with van der Waals surface area (Å²) in [5.74, 6) is -0.457. The monoisotopic (exact) mass is 269 g/mol. The second kappa shape index (κ2) is 5.57. The molecule has 0 aliphatic carbocycles. The lowest BCUT2D eigenvalue weighted by atomic mass is 10.1. The number of rotatable bonds is 3. The number of nitrogens with one attached hydrogen (secondary N) is 1. The molecule has 100 valence electrons. The van der Waals surface area contributed by atoms with E-state index in [4.69, 9.17) is 21.1 Å². The number of benzene rings is 1. The van der Waals surface area contributed by atoms with Crippen LogP contribution in [0.1, 0.15) is 32.4 Å². The first-order valence-electron chi connectivity index (χ1n) is 6.26. The van der Waals surface area contributed by atoms with Gasteiger partial charge in [0.05, 0.1) is 19.3 Å². The van der Waals surface area contributed by atoms with Gasteiger partial charge in [-0.05, 0) is 38.5 Å². The largest absolute Gasteiger partial charge is 0.349 e. The molecule has 0 radical (unpaired) electrons. The third kappa shape index (κ3) is 3.69. The Labute approximate surface area is 113 Å². The molecule has 1 unspecified atom stereocenters. The molecule has 1 saturated heterocycles. The molecule has 0 amide bonds. The van der Waals surface area contributed by atoms with E-state index < -0.39 is 5.79 Å². The summed E-state index contributed by atoms with van der Waals surface area (Å²) in [6.45, 7) is 7.34. The van der Waals surface area contributed by atoms with Gasteiger partial charge in [0.2, 0.25) is 0 Å². The Morgan fingerprint density at radius 3 is 2.33 bits per heavy atom. The summed E-state index contributed by atoms with van der Waals surface area (Å²) in [4.78, 5) is 0. The first-order chi connectivity index (χ1) is 8.46.